The number of rotatable bonds is 14. The summed E-state index contributed by atoms with van der Waals surface area (Å²) in [4.78, 5) is 24.3. The SMILES string of the molecule is CCc1nc2cc(C)c(Oc3ccc(C(C)(C)C)cc3)cc2c(C(COC)OC(=O)OC(COC)c2c(C)c(CC)nc3cc(C)c(Oc4ccc(C(C)(C)C)cc4)cc23)c1C. The largest absolute Gasteiger partial charge is 0.509 e. The Morgan fingerprint density at radius 2 is 0.919 bits per heavy atom. The van der Waals surface area contributed by atoms with Gasteiger partial charge in [0.05, 0.1) is 24.2 Å². The van der Waals surface area contributed by atoms with Gasteiger partial charge < -0.3 is 28.4 Å². The predicted molar refractivity (Wildman–Crippen MR) is 248 cm³/mol. The number of carbonyl (C=O) groups excluding carboxylic acids is 1. The second kappa shape index (κ2) is 18.9. The lowest BCUT2D eigenvalue weighted by atomic mass is 9.87. The zero-order valence-corrected chi connectivity index (χ0v) is 39.2. The Labute approximate surface area is 368 Å². The number of nitrogens with zero attached hydrogens (tertiary/aromatic N) is 2. The van der Waals surface area contributed by atoms with Gasteiger partial charge in [-0.3, -0.25) is 9.97 Å². The number of hydrogen-bond acceptors (Lipinski definition) is 9. The lowest BCUT2D eigenvalue weighted by molar-refractivity contribution is -0.0399. The normalized spacial score (nSPS) is 13.0. The van der Waals surface area contributed by atoms with Crippen molar-refractivity contribution in [2.45, 2.75) is 119 Å². The minimum absolute atomic E-state index is 0.0221. The third-order valence-corrected chi connectivity index (χ3v) is 11.7. The predicted octanol–water partition coefficient (Wildman–Crippen LogP) is 13.5. The summed E-state index contributed by atoms with van der Waals surface area (Å²) in [5.74, 6) is 2.81. The molecule has 0 fully saturated rings. The fourth-order valence-corrected chi connectivity index (χ4v) is 8.09. The van der Waals surface area contributed by atoms with E-state index >= 15 is 0 Å². The van der Waals surface area contributed by atoms with Crippen LogP contribution in [-0.2, 0) is 42.6 Å². The van der Waals surface area contributed by atoms with Gasteiger partial charge in [0.25, 0.3) is 0 Å². The maximum atomic E-state index is 14.2. The van der Waals surface area contributed by atoms with E-state index in [9.17, 15) is 4.79 Å². The van der Waals surface area contributed by atoms with Gasteiger partial charge >= 0.3 is 6.16 Å². The number of benzene rings is 4. The Morgan fingerprint density at radius 1 is 0.565 bits per heavy atom. The highest BCUT2D eigenvalue weighted by Gasteiger charge is 2.30. The molecule has 4 aromatic carbocycles. The summed E-state index contributed by atoms with van der Waals surface area (Å²) in [5, 5.41) is 1.60. The topological polar surface area (TPSA) is 98.2 Å². The standard InChI is InChI=1S/C53H64N2O7/c1-15-41-33(5)49(39-27-45(31(3)25-43(39)54-41)59-37-21-17-35(18-22-37)52(7,8)9)47(29-57-13)61-51(56)62-48(30-58-14)50-34(6)42(16-2)55-44-26-32(4)46(28-40(44)50)60-38-23-19-36(20-24-38)53(10,11)12/h17-28,47-48H,15-16,29-30H2,1-14H3. The molecule has 0 aliphatic carbocycles. The van der Waals surface area contributed by atoms with Gasteiger partial charge in [-0.1, -0.05) is 79.7 Å². The maximum Gasteiger partial charge on any atom is 0.509 e. The lowest BCUT2D eigenvalue weighted by Crippen LogP contribution is -2.23. The van der Waals surface area contributed by atoms with Crippen molar-refractivity contribution in [3.8, 4) is 23.0 Å². The van der Waals surface area contributed by atoms with Crippen LogP contribution in [0, 0.1) is 27.7 Å². The molecule has 9 heteroatoms. The molecule has 2 atom stereocenters. The first-order valence-corrected chi connectivity index (χ1v) is 21.7. The molecule has 0 aliphatic rings. The molecule has 0 aliphatic heterocycles. The summed E-state index contributed by atoms with van der Waals surface area (Å²) in [7, 11) is 3.18. The fraction of sp³-hybridized carbons (Fsp3) is 0.415. The highest BCUT2D eigenvalue weighted by Crippen LogP contribution is 2.40. The Bertz CT molecular complexity index is 2370. The summed E-state index contributed by atoms with van der Waals surface area (Å²) in [6.07, 6.45) is -1.14. The fourth-order valence-electron chi connectivity index (χ4n) is 8.09. The number of ether oxygens (including phenoxy) is 6. The van der Waals surface area contributed by atoms with Gasteiger partial charge in [0.15, 0.2) is 12.2 Å². The molecule has 6 rings (SSSR count). The van der Waals surface area contributed by atoms with Crippen molar-refractivity contribution < 1.29 is 33.2 Å². The van der Waals surface area contributed by atoms with Crippen LogP contribution in [0.4, 0.5) is 4.79 Å². The molecule has 0 bridgehead atoms. The van der Waals surface area contributed by atoms with E-state index in [1.54, 1.807) is 14.2 Å². The van der Waals surface area contributed by atoms with E-state index in [1.165, 1.54) is 11.1 Å². The summed E-state index contributed by atoms with van der Waals surface area (Å²) in [6.45, 7) is 25.5. The molecule has 62 heavy (non-hydrogen) atoms. The van der Waals surface area contributed by atoms with Crippen molar-refractivity contribution in [3.63, 3.8) is 0 Å². The Kier molecular flexibility index (Phi) is 14.0. The van der Waals surface area contributed by atoms with Gasteiger partial charge in [-0.15, -0.1) is 0 Å². The van der Waals surface area contributed by atoms with Crippen molar-refractivity contribution in [2.75, 3.05) is 27.4 Å². The minimum atomic E-state index is -0.857. The smallest absolute Gasteiger partial charge is 0.457 e. The van der Waals surface area contributed by atoms with Crippen LogP contribution in [0.1, 0.15) is 123 Å². The van der Waals surface area contributed by atoms with Crippen molar-refractivity contribution in [3.05, 3.63) is 129 Å². The van der Waals surface area contributed by atoms with Crippen LogP contribution < -0.4 is 9.47 Å². The van der Waals surface area contributed by atoms with E-state index in [4.69, 9.17) is 38.4 Å². The molecule has 0 amide bonds. The zero-order chi connectivity index (χ0) is 45.1. The number of aromatic nitrogens is 2. The molecular weight excluding hydrogens is 777 g/mol. The van der Waals surface area contributed by atoms with E-state index in [2.05, 4.69) is 79.7 Å². The lowest BCUT2D eigenvalue weighted by Gasteiger charge is -2.26. The van der Waals surface area contributed by atoms with Crippen molar-refractivity contribution in [1.29, 1.82) is 0 Å². The number of methoxy groups -OCH3 is 2. The molecule has 0 radical (unpaired) electrons. The molecule has 2 unspecified atom stereocenters. The molecule has 0 saturated carbocycles. The monoisotopic (exact) mass is 840 g/mol. The van der Waals surface area contributed by atoms with Crippen LogP contribution in [0.25, 0.3) is 21.8 Å². The molecule has 6 aromatic rings. The molecule has 0 spiro atoms. The quantitative estimate of drug-likeness (QED) is 0.0993. The van der Waals surface area contributed by atoms with Gasteiger partial charge in [0.2, 0.25) is 0 Å². The van der Waals surface area contributed by atoms with E-state index in [1.807, 2.05) is 76.2 Å². The van der Waals surface area contributed by atoms with E-state index in [0.29, 0.717) is 24.3 Å². The van der Waals surface area contributed by atoms with Crippen molar-refractivity contribution >= 4 is 28.0 Å². The second-order valence-electron chi connectivity index (χ2n) is 18.3. The van der Waals surface area contributed by atoms with Crippen LogP contribution in [-0.4, -0.2) is 43.6 Å². The van der Waals surface area contributed by atoms with E-state index < -0.39 is 18.4 Å². The van der Waals surface area contributed by atoms with Gasteiger partial charge in [-0.25, -0.2) is 4.79 Å². The van der Waals surface area contributed by atoms with Crippen molar-refractivity contribution in [2.24, 2.45) is 0 Å². The average molecular weight is 841 g/mol. The summed E-state index contributed by atoms with van der Waals surface area (Å²) >= 11 is 0. The van der Waals surface area contributed by atoms with Crippen LogP contribution >= 0.6 is 0 Å². The zero-order valence-electron chi connectivity index (χ0n) is 39.2. The van der Waals surface area contributed by atoms with Crippen LogP contribution in [0.3, 0.4) is 0 Å². The first-order chi connectivity index (χ1) is 29.4. The van der Waals surface area contributed by atoms with E-state index in [0.717, 1.165) is 78.1 Å². The Morgan fingerprint density at radius 3 is 1.23 bits per heavy atom. The van der Waals surface area contributed by atoms with Crippen LogP contribution in [0.2, 0.25) is 0 Å². The first-order valence-electron chi connectivity index (χ1n) is 21.7. The number of fused-ring (bicyclic) bond motifs is 2. The average Bonchev–Trinajstić information content (AvgIpc) is 3.21. The summed E-state index contributed by atoms with van der Waals surface area (Å²) in [6, 6.07) is 24.4. The van der Waals surface area contributed by atoms with Gasteiger partial charge in [0.1, 0.15) is 23.0 Å². The highest BCUT2D eigenvalue weighted by atomic mass is 16.7. The molecular formula is C53H64N2O7. The number of aryl methyl sites for hydroxylation is 4. The molecule has 0 N–H and O–H groups in total. The minimum Gasteiger partial charge on any atom is -0.457 e. The third-order valence-electron chi connectivity index (χ3n) is 11.7. The summed E-state index contributed by atoms with van der Waals surface area (Å²) < 4.78 is 37.1. The Hall–Kier alpha value is -5.51. The summed E-state index contributed by atoms with van der Waals surface area (Å²) in [5.41, 5.74) is 11.1. The van der Waals surface area contributed by atoms with E-state index in [-0.39, 0.29) is 24.0 Å². The van der Waals surface area contributed by atoms with Crippen molar-refractivity contribution in [1.82, 2.24) is 9.97 Å². The third kappa shape index (κ3) is 10.1. The van der Waals surface area contributed by atoms with Crippen LogP contribution in [0.15, 0.2) is 72.8 Å². The molecule has 0 saturated heterocycles. The van der Waals surface area contributed by atoms with Crippen LogP contribution in [0.5, 0.6) is 23.0 Å². The molecule has 328 valence electrons. The van der Waals surface area contributed by atoms with Gasteiger partial charge in [-0.05, 0) is 133 Å². The first kappa shape index (κ1) is 46.0. The number of hydrogen-bond donors (Lipinski definition) is 0. The number of carbonyl (C=O) groups is 1. The Balaban J connectivity index is 1.37. The molecule has 2 aromatic heterocycles. The number of pyridine rings is 2. The van der Waals surface area contributed by atoms with Gasteiger partial charge in [-0.2, -0.15) is 0 Å². The molecule has 9 nitrogen and oxygen atoms in total. The second-order valence-corrected chi connectivity index (χ2v) is 18.3. The highest BCUT2D eigenvalue weighted by molar-refractivity contribution is 5.88. The van der Waals surface area contributed by atoms with Gasteiger partial charge in [0, 0.05) is 47.5 Å². The maximum absolute atomic E-state index is 14.2. The molecule has 2 heterocycles.